The molecule has 0 unspecified atom stereocenters. The van der Waals surface area contributed by atoms with E-state index in [4.69, 9.17) is 9.47 Å². The number of amides is 1. The first-order valence-electron chi connectivity index (χ1n) is 8.22. The first kappa shape index (κ1) is 18.8. The maximum atomic E-state index is 12.2. The molecule has 3 atom stereocenters. The van der Waals surface area contributed by atoms with Crippen LogP contribution in [0.1, 0.15) is 43.5 Å². The minimum absolute atomic E-state index is 0.156. The van der Waals surface area contributed by atoms with Crippen molar-refractivity contribution >= 4 is 27.8 Å². The van der Waals surface area contributed by atoms with Gasteiger partial charge in [0, 0.05) is 10.5 Å². The van der Waals surface area contributed by atoms with Crippen molar-refractivity contribution in [1.29, 1.82) is 0 Å². The van der Waals surface area contributed by atoms with Gasteiger partial charge in [-0.3, -0.25) is 4.79 Å². The van der Waals surface area contributed by atoms with Crippen molar-refractivity contribution in [1.82, 2.24) is 5.32 Å². The van der Waals surface area contributed by atoms with Gasteiger partial charge in [-0.2, -0.15) is 0 Å². The van der Waals surface area contributed by atoms with Gasteiger partial charge in [-0.1, -0.05) is 26.7 Å². The summed E-state index contributed by atoms with van der Waals surface area (Å²) in [6, 6.07) is 5.18. The van der Waals surface area contributed by atoms with Crippen LogP contribution in [0.25, 0.3) is 0 Å². The standard InChI is InChI=1S/C18H24BrNO4/c1-11-5-4-6-16(12(11)2)20-17(21)10-24-18(22)14-9-13(23-3)7-8-15(14)19/h7-9,11-12,16H,4-6,10H2,1-3H3,(H,20,21)/t11-,12-,16-/m0/s1. The summed E-state index contributed by atoms with van der Waals surface area (Å²) < 4.78 is 10.8. The van der Waals surface area contributed by atoms with Gasteiger partial charge in [0.2, 0.25) is 0 Å². The fourth-order valence-electron chi connectivity index (χ4n) is 3.03. The van der Waals surface area contributed by atoms with Gasteiger partial charge >= 0.3 is 5.97 Å². The Balaban J connectivity index is 1.88. The molecule has 1 amide bonds. The van der Waals surface area contributed by atoms with Crippen LogP contribution < -0.4 is 10.1 Å². The maximum Gasteiger partial charge on any atom is 0.339 e. The second-order valence-electron chi connectivity index (χ2n) is 6.36. The largest absolute Gasteiger partial charge is 0.497 e. The van der Waals surface area contributed by atoms with E-state index in [1.807, 2.05) is 0 Å². The molecule has 0 aliphatic heterocycles. The molecular weight excluding hydrogens is 374 g/mol. The number of rotatable bonds is 5. The highest BCUT2D eigenvalue weighted by atomic mass is 79.9. The lowest BCUT2D eigenvalue weighted by atomic mass is 9.78. The van der Waals surface area contributed by atoms with E-state index in [1.54, 1.807) is 18.2 Å². The van der Waals surface area contributed by atoms with Crippen LogP contribution in [0.4, 0.5) is 0 Å². The van der Waals surface area contributed by atoms with Crippen molar-refractivity contribution < 1.29 is 19.1 Å². The summed E-state index contributed by atoms with van der Waals surface area (Å²) in [4.78, 5) is 24.2. The van der Waals surface area contributed by atoms with Crippen LogP contribution in [0, 0.1) is 11.8 Å². The summed E-state index contributed by atoms with van der Waals surface area (Å²) in [5.74, 6) is 0.777. The van der Waals surface area contributed by atoms with Crippen LogP contribution in [0.2, 0.25) is 0 Å². The predicted molar refractivity (Wildman–Crippen MR) is 95.1 cm³/mol. The highest BCUT2D eigenvalue weighted by Crippen LogP contribution is 2.29. The van der Waals surface area contributed by atoms with Crippen molar-refractivity contribution in [2.75, 3.05) is 13.7 Å². The third kappa shape index (κ3) is 4.72. The number of carbonyl (C=O) groups excluding carboxylic acids is 2. The molecule has 0 aromatic heterocycles. The van der Waals surface area contributed by atoms with E-state index in [0.29, 0.717) is 27.6 Å². The van der Waals surface area contributed by atoms with E-state index in [0.717, 1.165) is 12.8 Å². The van der Waals surface area contributed by atoms with Crippen LogP contribution in [-0.2, 0) is 9.53 Å². The molecular formula is C18H24BrNO4. The molecule has 1 fully saturated rings. The number of esters is 1. The Morgan fingerprint density at radius 3 is 2.75 bits per heavy atom. The third-order valence-electron chi connectivity index (χ3n) is 4.78. The average Bonchev–Trinajstić information content (AvgIpc) is 2.57. The van der Waals surface area contributed by atoms with Crippen LogP contribution in [0.15, 0.2) is 22.7 Å². The van der Waals surface area contributed by atoms with Gasteiger partial charge in [-0.25, -0.2) is 4.79 Å². The molecule has 1 aliphatic carbocycles. The van der Waals surface area contributed by atoms with Gasteiger partial charge in [-0.15, -0.1) is 0 Å². The quantitative estimate of drug-likeness (QED) is 0.771. The number of benzene rings is 1. The Labute approximate surface area is 151 Å². The Morgan fingerprint density at radius 2 is 2.04 bits per heavy atom. The first-order chi connectivity index (χ1) is 11.4. The summed E-state index contributed by atoms with van der Waals surface area (Å²) in [5, 5.41) is 2.99. The Hall–Kier alpha value is -1.56. The van der Waals surface area contributed by atoms with Crippen molar-refractivity contribution in [2.45, 2.75) is 39.2 Å². The van der Waals surface area contributed by atoms with E-state index in [-0.39, 0.29) is 18.6 Å². The molecule has 0 heterocycles. The van der Waals surface area contributed by atoms with Crippen LogP contribution >= 0.6 is 15.9 Å². The lowest BCUT2D eigenvalue weighted by molar-refractivity contribution is -0.125. The topological polar surface area (TPSA) is 64.6 Å². The number of ether oxygens (including phenoxy) is 2. The Kier molecular flexibility index (Phi) is 6.66. The fourth-order valence-corrected chi connectivity index (χ4v) is 3.44. The lowest BCUT2D eigenvalue weighted by Crippen LogP contribution is -2.45. The molecule has 132 valence electrons. The van der Waals surface area contributed by atoms with Crippen LogP contribution in [0.5, 0.6) is 5.75 Å². The van der Waals surface area contributed by atoms with E-state index >= 15 is 0 Å². The highest BCUT2D eigenvalue weighted by Gasteiger charge is 2.28. The van der Waals surface area contributed by atoms with Gasteiger partial charge < -0.3 is 14.8 Å². The summed E-state index contributed by atoms with van der Waals surface area (Å²) in [5.41, 5.74) is 0.335. The van der Waals surface area contributed by atoms with E-state index in [1.165, 1.54) is 13.5 Å². The molecule has 1 saturated carbocycles. The van der Waals surface area contributed by atoms with Gasteiger partial charge in [0.25, 0.3) is 5.91 Å². The molecule has 1 N–H and O–H groups in total. The third-order valence-corrected chi connectivity index (χ3v) is 5.47. The number of hydrogen-bond donors (Lipinski definition) is 1. The number of halogens is 1. The van der Waals surface area contributed by atoms with Crippen LogP contribution in [-0.4, -0.2) is 31.6 Å². The summed E-state index contributed by atoms with van der Waals surface area (Å²) in [7, 11) is 1.53. The molecule has 6 heteroatoms. The second kappa shape index (κ2) is 8.51. The monoisotopic (exact) mass is 397 g/mol. The van der Waals surface area contributed by atoms with Crippen molar-refractivity contribution in [2.24, 2.45) is 11.8 Å². The van der Waals surface area contributed by atoms with Crippen molar-refractivity contribution in [3.63, 3.8) is 0 Å². The molecule has 0 radical (unpaired) electrons. The number of carbonyl (C=O) groups is 2. The minimum Gasteiger partial charge on any atom is -0.497 e. The number of nitrogens with one attached hydrogen (secondary N) is 1. The van der Waals surface area contributed by atoms with Crippen LogP contribution in [0.3, 0.4) is 0 Å². The lowest BCUT2D eigenvalue weighted by Gasteiger charge is -2.34. The zero-order valence-electron chi connectivity index (χ0n) is 14.3. The van der Waals surface area contributed by atoms with Gasteiger partial charge in [0.05, 0.1) is 12.7 Å². The zero-order valence-corrected chi connectivity index (χ0v) is 15.9. The normalized spacial score (nSPS) is 23.4. The number of hydrogen-bond acceptors (Lipinski definition) is 4. The summed E-state index contributed by atoms with van der Waals surface area (Å²) in [6.07, 6.45) is 3.30. The van der Waals surface area contributed by atoms with Crippen molar-refractivity contribution in [3.05, 3.63) is 28.2 Å². The summed E-state index contributed by atoms with van der Waals surface area (Å²) in [6.45, 7) is 4.09. The minimum atomic E-state index is -0.555. The molecule has 1 aliphatic rings. The van der Waals surface area contributed by atoms with Gasteiger partial charge in [-0.05, 0) is 52.4 Å². The highest BCUT2D eigenvalue weighted by molar-refractivity contribution is 9.10. The molecule has 2 rings (SSSR count). The Bertz CT molecular complexity index is 605. The molecule has 1 aromatic carbocycles. The van der Waals surface area contributed by atoms with E-state index in [2.05, 4.69) is 35.1 Å². The maximum absolute atomic E-state index is 12.2. The van der Waals surface area contributed by atoms with Gasteiger partial charge in [0.15, 0.2) is 6.61 Å². The number of methoxy groups -OCH3 is 1. The molecule has 1 aromatic rings. The smallest absolute Gasteiger partial charge is 0.339 e. The first-order valence-corrected chi connectivity index (χ1v) is 9.01. The van der Waals surface area contributed by atoms with E-state index < -0.39 is 5.97 Å². The second-order valence-corrected chi connectivity index (χ2v) is 7.22. The average molecular weight is 398 g/mol. The fraction of sp³-hybridized carbons (Fsp3) is 0.556. The zero-order chi connectivity index (χ0) is 17.7. The molecule has 5 nitrogen and oxygen atoms in total. The van der Waals surface area contributed by atoms with Crippen molar-refractivity contribution in [3.8, 4) is 5.75 Å². The molecule has 24 heavy (non-hydrogen) atoms. The Morgan fingerprint density at radius 1 is 1.29 bits per heavy atom. The molecule has 0 bridgehead atoms. The molecule has 0 saturated heterocycles. The van der Waals surface area contributed by atoms with E-state index in [9.17, 15) is 9.59 Å². The summed E-state index contributed by atoms with van der Waals surface area (Å²) >= 11 is 3.30. The predicted octanol–water partition coefficient (Wildman–Crippen LogP) is 3.56. The van der Waals surface area contributed by atoms with Gasteiger partial charge in [0.1, 0.15) is 5.75 Å². The SMILES string of the molecule is COc1ccc(Br)c(C(=O)OCC(=O)N[C@H]2CCC[C@H](C)[C@@H]2C)c1. The molecule has 0 spiro atoms.